The van der Waals surface area contributed by atoms with Crippen molar-refractivity contribution in [3.8, 4) is 0 Å². The van der Waals surface area contributed by atoms with Gasteiger partial charge in [-0.15, -0.1) is 0 Å². The second kappa shape index (κ2) is 10.5. The lowest BCUT2D eigenvalue weighted by Crippen LogP contribution is -2.28. The van der Waals surface area contributed by atoms with Crippen molar-refractivity contribution in [2.45, 2.75) is 17.1 Å². The number of fused-ring (bicyclic) bond motifs is 1. The van der Waals surface area contributed by atoms with Crippen molar-refractivity contribution in [1.82, 2.24) is 15.5 Å². The number of H-pyrrole nitrogens is 1. The summed E-state index contributed by atoms with van der Waals surface area (Å²) in [5, 5.41) is 12.5. The molecule has 3 aromatic rings. The summed E-state index contributed by atoms with van der Waals surface area (Å²) in [4.78, 5) is 36.2. The van der Waals surface area contributed by atoms with E-state index in [4.69, 9.17) is 4.74 Å². The minimum Gasteiger partial charge on any atom is -0.456 e. The van der Waals surface area contributed by atoms with Gasteiger partial charge < -0.3 is 15.4 Å². The van der Waals surface area contributed by atoms with Gasteiger partial charge in [0.2, 0.25) is 0 Å². The Bertz CT molecular complexity index is 1070. The number of aromatic amines is 1. The van der Waals surface area contributed by atoms with Gasteiger partial charge in [0.05, 0.1) is 11.9 Å². The number of nitrogens with zero attached hydrogens (tertiary/aromatic N) is 1. The Kier molecular flexibility index (Phi) is 7.55. The van der Waals surface area contributed by atoms with E-state index in [0.29, 0.717) is 27.7 Å². The Hall–Kier alpha value is -3.47. The Morgan fingerprint density at radius 2 is 1.84 bits per heavy atom. The molecule has 3 N–H and O–H groups in total. The van der Waals surface area contributed by atoms with Crippen LogP contribution < -0.4 is 10.6 Å². The molecule has 2 amide bonds. The second-order valence-electron chi connectivity index (χ2n) is 6.24. The molecule has 11 heteroatoms. The number of benzene rings is 2. The molecule has 0 unspecified atom stereocenters. The van der Waals surface area contributed by atoms with Gasteiger partial charge in [0.1, 0.15) is 0 Å². The Morgan fingerprint density at radius 1 is 1.10 bits per heavy atom. The number of aromatic nitrogens is 2. The molecule has 0 bridgehead atoms. The Balaban J connectivity index is 1.37. The Morgan fingerprint density at radius 3 is 2.58 bits per heavy atom. The SMILES string of the molecule is O=C(COC(=O)CCNC(=O)c1n[nH]c2ccccc12)Nc1ccc(SC(F)F)cc1. The van der Waals surface area contributed by atoms with E-state index in [9.17, 15) is 23.2 Å². The van der Waals surface area contributed by atoms with Crippen LogP contribution in [-0.4, -0.2) is 46.9 Å². The van der Waals surface area contributed by atoms with Crippen LogP contribution in [0.3, 0.4) is 0 Å². The number of amides is 2. The predicted molar refractivity (Wildman–Crippen MR) is 111 cm³/mol. The topological polar surface area (TPSA) is 113 Å². The van der Waals surface area contributed by atoms with E-state index >= 15 is 0 Å². The van der Waals surface area contributed by atoms with E-state index in [-0.39, 0.29) is 18.7 Å². The molecule has 0 aliphatic rings. The number of alkyl halides is 2. The van der Waals surface area contributed by atoms with E-state index < -0.39 is 30.1 Å². The van der Waals surface area contributed by atoms with Crippen LogP contribution in [0.4, 0.5) is 14.5 Å². The van der Waals surface area contributed by atoms with Crippen LogP contribution in [0.25, 0.3) is 10.9 Å². The fourth-order valence-corrected chi connectivity index (χ4v) is 3.13. The lowest BCUT2D eigenvalue weighted by molar-refractivity contribution is -0.147. The molecule has 0 aliphatic heterocycles. The summed E-state index contributed by atoms with van der Waals surface area (Å²) < 4.78 is 29.4. The van der Waals surface area contributed by atoms with Crippen LogP contribution in [0.5, 0.6) is 0 Å². The molecule has 3 rings (SSSR count). The molecule has 0 radical (unpaired) electrons. The fourth-order valence-electron chi connectivity index (χ4n) is 2.63. The summed E-state index contributed by atoms with van der Waals surface area (Å²) >= 11 is 0.398. The van der Waals surface area contributed by atoms with Gasteiger partial charge in [0.25, 0.3) is 17.6 Å². The smallest absolute Gasteiger partial charge is 0.308 e. The molecule has 1 heterocycles. The number of rotatable bonds is 9. The third-order valence-electron chi connectivity index (χ3n) is 4.03. The maximum atomic E-state index is 12.3. The van der Waals surface area contributed by atoms with E-state index in [1.165, 1.54) is 24.3 Å². The van der Waals surface area contributed by atoms with E-state index in [1.54, 1.807) is 18.2 Å². The molecule has 0 spiro atoms. The van der Waals surface area contributed by atoms with Gasteiger partial charge >= 0.3 is 5.97 Å². The minimum atomic E-state index is -2.52. The molecular formula is C20H18F2N4O4S. The van der Waals surface area contributed by atoms with Crippen LogP contribution in [0.1, 0.15) is 16.9 Å². The number of nitrogens with one attached hydrogen (secondary N) is 3. The summed E-state index contributed by atoms with van der Waals surface area (Å²) in [6, 6.07) is 13.0. The average Bonchev–Trinajstić information content (AvgIpc) is 3.17. The van der Waals surface area contributed by atoms with Crippen molar-refractivity contribution in [2.24, 2.45) is 0 Å². The number of halogens is 2. The standard InChI is InChI=1S/C20H18F2N4O4S/c21-20(22)31-13-7-5-12(6-8-13)24-16(27)11-30-17(28)9-10-23-19(29)18-14-3-1-2-4-15(14)25-26-18/h1-8,20H,9-11H2,(H,23,29)(H,24,27)(H,25,26). The van der Waals surface area contributed by atoms with Gasteiger partial charge in [-0.2, -0.15) is 13.9 Å². The molecule has 0 aliphatic carbocycles. The van der Waals surface area contributed by atoms with Crippen LogP contribution in [0, 0.1) is 0 Å². The largest absolute Gasteiger partial charge is 0.456 e. The van der Waals surface area contributed by atoms with E-state index in [1.807, 2.05) is 6.07 Å². The normalized spacial score (nSPS) is 10.8. The molecule has 8 nitrogen and oxygen atoms in total. The Labute approximate surface area is 179 Å². The highest BCUT2D eigenvalue weighted by Crippen LogP contribution is 2.26. The van der Waals surface area contributed by atoms with Crippen molar-refractivity contribution in [1.29, 1.82) is 0 Å². The van der Waals surface area contributed by atoms with Crippen LogP contribution in [-0.2, 0) is 14.3 Å². The number of hydrogen-bond acceptors (Lipinski definition) is 6. The summed E-state index contributed by atoms with van der Waals surface area (Å²) in [6.07, 6.45) is -0.124. The minimum absolute atomic E-state index is 0.0176. The van der Waals surface area contributed by atoms with Gasteiger partial charge in [0, 0.05) is 22.5 Å². The monoisotopic (exact) mass is 448 g/mol. The number of para-hydroxylation sites is 1. The first-order valence-corrected chi connectivity index (χ1v) is 10.0. The fraction of sp³-hybridized carbons (Fsp3) is 0.200. The summed E-state index contributed by atoms with van der Waals surface area (Å²) in [5.74, 6) is -4.19. The third-order valence-corrected chi connectivity index (χ3v) is 4.75. The molecule has 0 atom stereocenters. The van der Waals surface area contributed by atoms with Gasteiger partial charge in [-0.05, 0) is 30.3 Å². The molecule has 31 heavy (non-hydrogen) atoms. The quantitative estimate of drug-likeness (QED) is 0.342. The highest BCUT2D eigenvalue weighted by Gasteiger charge is 2.14. The molecule has 162 valence electrons. The molecular weight excluding hydrogens is 430 g/mol. The first-order chi connectivity index (χ1) is 14.9. The zero-order valence-corrected chi connectivity index (χ0v) is 16.9. The van der Waals surface area contributed by atoms with Crippen molar-refractivity contribution in [3.63, 3.8) is 0 Å². The van der Waals surface area contributed by atoms with E-state index in [0.717, 1.165) is 5.52 Å². The number of hydrogen-bond donors (Lipinski definition) is 3. The number of carbonyl (C=O) groups excluding carboxylic acids is 3. The lowest BCUT2D eigenvalue weighted by atomic mass is 10.2. The van der Waals surface area contributed by atoms with E-state index in [2.05, 4.69) is 20.8 Å². The molecule has 0 saturated heterocycles. The second-order valence-corrected chi connectivity index (χ2v) is 7.30. The maximum absolute atomic E-state index is 12.3. The zero-order valence-electron chi connectivity index (χ0n) is 16.1. The van der Waals surface area contributed by atoms with Gasteiger partial charge in [-0.1, -0.05) is 30.0 Å². The summed E-state index contributed by atoms with van der Waals surface area (Å²) in [6.45, 7) is -0.492. The summed E-state index contributed by atoms with van der Waals surface area (Å²) in [5.41, 5.74) is 1.33. The van der Waals surface area contributed by atoms with Gasteiger partial charge in [-0.25, -0.2) is 0 Å². The average molecular weight is 448 g/mol. The van der Waals surface area contributed by atoms with Crippen molar-refractivity contribution < 1.29 is 27.9 Å². The number of esters is 1. The first-order valence-electron chi connectivity index (χ1n) is 9.14. The zero-order chi connectivity index (χ0) is 22.2. The number of anilines is 1. The molecule has 2 aromatic carbocycles. The highest BCUT2D eigenvalue weighted by atomic mass is 32.2. The highest BCUT2D eigenvalue weighted by molar-refractivity contribution is 7.99. The van der Waals surface area contributed by atoms with Crippen molar-refractivity contribution in [2.75, 3.05) is 18.5 Å². The van der Waals surface area contributed by atoms with Crippen LogP contribution in [0.15, 0.2) is 53.4 Å². The van der Waals surface area contributed by atoms with Crippen molar-refractivity contribution in [3.05, 3.63) is 54.2 Å². The first kappa shape index (κ1) is 22.2. The molecule has 0 saturated carbocycles. The lowest BCUT2D eigenvalue weighted by Gasteiger charge is -2.08. The van der Waals surface area contributed by atoms with Crippen molar-refractivity contribution >= 4 is 46.1 Å². The predicted octanol–water partition coefficient (Wildman–Crippen LogP) is 3.18. The molecule has 0 fully saturated rings. The van der Waals surface area contributed by atoms with Crippen LogP contribution in [0.2, 0.25) is 0 Å². The number of carbonyl (C=O) groups is 3. The van der Waals surface area contributed by atoms with Gasteiger partial charge in [0.15, 0.2) is 12.3 Å². The van der Waals surface area contributed by atoms with Gasteiger partial charge in [-0.3, -0.25) is 19.5 Å². The number of thioether (sulfide) groups is 1. The summed E-state index contributed by atoms with van der Waals surface area (Å²) in [7, 11) is 0. The molecule has 1 aromatic heterocycles. The number of ether oxygens (including phenoxy) is 1. The third kappa shape index (κ3) is 6.51. The van der Waals surface area contributed by atoms with Crippen LogP contribution >= 0.6 is 11.8 Å². The maximum Gasteiger partial charge on any atom is 0.308 e.